The van der Waals surface area contributed by atoms with Crippen LogP contribution in [0.4, 0.5) is 0 Å². The second-order valence-electron chi connectivity index (χ2n) is 7.69. The van der Waals surface area contributed by atoms with Crippen LogP contribution in [0.1, 0.15) is 67.4 Å². The molecule has 1 aromatic heterocycles. The van der Waals surface area contributed by atoms with Gasteiger partial charge in [-0.25, -0.2) is 0 Å². The van der Waals surface area contributed by atoms with Crippen molar-refractivity contribution in [3.8, 4) is 5.75 Å². The van der Waals surface area contributed by atoms with Gasteiger partial charge in [-0.05, 0) is 42.9 Å². The minimum Gasteiger partial charge on any atom is -0.493 e. The second-order valence-corrected chi connectivity index (χ2v) is 7.69. The Morgan fingerprint density at radius 2 is 1.92 bits per heavy atom. The summed E-state index contributed by atoms with van der Waals surface area (Å²) in [6, 6.07) is 7.27. The highest BCUT2D eigenvalue weighted by Gasteiger charge is 2.30. The van der Waals surface area contributed by atoms with E-state index in [4.69, 9.17) is 9.15 Å². The van der Waals surface area contributed by atoms with Crippen LogP contribution in [0.2, 0.25) is 0 Å². The standard InChI is InChI=1S/C20H25N3O2/c1-2-4-17(3-1)23(13-19-21-22-20(25-19)15-6-7-15)12-14-5-8-18-16(11-14)9-10-24-18/h5,8,11,15,17H,1-4,6-7,9-10,12-13H2. The Labute approximate surface area is 148 Å². The topological polar surface area (TPSA) is 51.4 Å². The van der Waals surface area contributed by atoms with Gasteiger partial charge in [-0.1, -0.05) is 25.0 Å². The molecule has 3 aliphatic rings. The van der Waals surface area contributed by atoms with Crippen molar-refractivity contribution in [1.29, 1.82) is 0 Å². The maximum atomic E-state index is 5.93. The molecule has 25 heavy (non-hydrogen) atoms. The van der Waals surface area contributed by atoms with Gasteiger partial charge in [-0.2, -0.15) is 0 Å². The molecule has 2 heterocycles. The van der Waals surface area contributed by atoms with Crippen molar-refractivity contribution in [2.45, 2.75) is 70.0 Å². The first-order valence-electron chi connectivity index (χ1n) is 9.66. The second kappa shape index (κ2) is 6.45. The molecule has 132 valence electrons. The monoisotopic (exact) mass is 339 g/mol. The zero-order valence-corrected chi connectivity index (χ0v) is 14.6. The van der Waals surface area contributed by atoms with Crippen LogP contribution < -0.4 is 4.74 Å². The molecule has 1 aliphatic heterocycles. The highest BCUT2D eigenvalue weighted by molar-refractivity contribution is 5.39. The summed E-state index contributed by atoms with van der Waals surface area (Å²) in [4.78, 5) is 2.54. The molecule has 2 saturated carbocycles. The average Bonchev–Trinajstić information content (AvgIpc) is 3.07. The molecule has 5 heteroatoms. The first kappa shape index (κ1) is 15.4. The van der Waals surface area contributed by atoms with Gasteiger partial charge in [0.2, 0.25) is 11.8 Å². The lowest BCUT2D eigenvalue weighted by Crippen LogP contribution is -2.32. The summed E-state index contributed by atoms with van der Waals surface area (Å²) in [5, 5.41) is 8.56. The number of hydrogen-bond donors (Lipinski definition) is 0. The van der Waals surface area contributed by atoms with Crippen LogP contribution in [-0.4, -0.2) is 27.7 Å². The van der Waals surface area contributed by atoms with E-state index in [0.29, 0.717) is 12.0 Å². The minimum absolute atomic E-state index is 0.526. The lowest BCUT2D eigenvalue weighted by Gasteiger charge is -2.27. The van der Waals surface area contributed by atoms with Gasteiger partial charge in [0.15, 0.2) is 0 Å². The first-order valence-corrected chi connectivity index (χ1v) is 9.66. The summed E-state index contributed by atoms with van der Waals surface area (Å²) in [6.07, 6.45) is 8.64. The average molecular weight is 339 g/mol. The quantitative estimate of drug-likeness (QED) is 0.800. The number of aromatic nitrogens is 2. The molecule has 0 amide bonds. The van der Waals surface area contributed by atoms with E-state index in [1.165, 1.54) is 49.7 Å². The number of nitrogens with zero attached hydrogens (tertiary/aromatic N) is 3. The highest BCUT2D eigenvalue weighted by atomic mass is 16.5. The Balaban J connectivity index is 1.34. The molecular weight excluding hydrogens is 314 g/mol. The van der Waals surface area contributed by atoms with Crippen LogP contribution in [0.5, 0.6) is 5.75 Å². The normalized spacial score (nSPS) is 20.2. The highest BCUT2D eigenvalue weighted by Crippen LogP contribution is 2.39. The first-order chi connectivity index (χ1) is 12.3. The maximum absolute atomic E-state index is 5.93. The largest absolute Gasteiger partial charge is 0.493 e. The van der Waals surface area contributed by atoms with E-state index in [0.717, 1.165) is 43.6 Å². The SMILES string of the molecule is c1cc2c(cc1CN(Cc1nnc(C3CC3)o1)C1CCCC1)CCO2. The number of rotatable bonds is 6. The molecule has 0 spiro atoms. The van der Waals surface area contributed by atoms with Crippen LogP contribution in [0, 0.1) is 0 Å². The fourth-order valence-electron chi connectivity index (χ4n) is 4.16. The number of ether oxygens (including phenoxy) is 1. The van der Waals surface area contributed by atoms with Crippen LogP contribution in [-0.2, 0) is 19.5 Å². The summed E-state index contributed by atoms with van der Waals surface area (Å²) >= 11 is 0. The van der Waals surface area contributed by atoms with E-state index in [2.05, 4.69) is 33.3 Å². The Kier molecular flexibility index (Phi) is 3.97. The van der Waals surface area contributed by atoms with Crippen molar-refractivity contribution in [3.63, 3.8) is 0 Å². The van der Waals surface area contributed by atoms with Crippen molar-refractivity contribution in [2.24, 2.45) is 0 Å². The van der Waals surface area contributed by atoms with Gasteiger partial charge in [0.05, 0.1) is 13.2 Å². The summed E-state index contributed by atoms with van der Waals surface area (Å²) in [7, 11) is 0. The molecular formula is C20H25N3O2. The molecule has 2 fully saturated rings. The molecule has 0 saturated heterocycles. The van der Waals surface area contributed by atoms with E-state index in [-0.39, 0.29) is 0 Å². The van der Waals surface area contributed by atoms with Crippen molar-refractivity contribution in [1.82, 2.24) is 15.1 Å². The smallest absolute Gasteiger partial charge is 0.230 e. The van der Waals surface area contributed by atoms with Crippen molar-refractivity contribution in [3.05, 3.63) is 41.1 Å². The van der Waals surface area contributed by atoms with Gasteiger partial charge >= 0.3 is 0 Å². The lowest BCUT2D eigenvalue weighted by molar-refractivity contribution is 0.162. The molecule has 0 unspecified atom stereocenters. The van der Waals surface area contributed by atoms with Gasteiger partial charge in [-0.15, -0.1) is 10.2 Å². The molecule has 2 aliphatic carbocycles. The van der Waals surface area contributed by atoms with Gasteiger partial charge < -0.3 is 9.15 Å². The van der Waals surface area contributed by atoms with Crippen molar-refractivity contribution in [2.75, 3.05) is 6.61 Å². The Hall–Kier alpha value is -1.88. The fourth-order valence-corrected chi connectivity index (χ4v) is 4.16. The third kappa shape index (κ3) is 3.30. The molecule has 0 radical (unpaired) electrons. The number of fused-ring (bicyclic) bond motifs is 1. The minimum atomic E-state index is 0.526. The molecule has 2 aromatic rings. The molecule has 0 N–H and O–H groups in total. The Morgan fingerprint density at radius 1 is 1.04 bits per heavy atom. The van der Waals surface area contributed by atoms with Gasteiger partial charge in [-0.3, -0.25) is 4.90 Å². The summed E-state index contributed by atoms with van der Waals surface area (Å²) in [5.74, 6) is 3.20. The Morgan fingerprint density at radius 3 is 2.76 bits per heavy atom. The molecule has 0 bridgehead atoms. The zero-order chi connectivity index (χ0) is 16.6. The van der Waals surface area contributed by atoms with Gasteiger partial charge in [0.25, 0.3) is 0 Å². The molecule has 5 rings (SSSR count). The predicted octanol–water partition coefficient (Wildman–Crippen LogP) is 3.83. The van der Waals surface area contributed by atoms with E-state index >= 15 is 0 Å². The third-order valence-electron chi connectivity index (χ3n) is 5.73. The van der Waals surface area contributed by atoms with Crippen LogP contribution in [0.3, 0.4) is 0 Å². The maximum Gasteiger partial charge on any atom is 0.230 e. The Bertz CT molecular complexity index is 747. The van der Waals surface area contributed by atoms with Crippen molar-refractivity contribution < 1.29 is 9.15 Å². The predicted molar refractivity (Wildman–Crippen MR) is 93.4 cm³/mol. The number of benzene rings is 1. The summed E-state index contributed by atoms with van der Waals surface area (Å²) in [5.41, 5.74) is 2.70. The van der Waals surface area contributed by atoms with Crippen molar-refractivity contribution >= 4 is 0 Å². The van der Waals surface area contributed by atoms with Gasteiger partial charge in [0.1, 0.15) is 5.75 Å². The van der Waals surface area contributed by atoms with E-state index in [1.54, 1.807) is 0 Å². The van der Waals surface area contributed by atoms with Crippen LogP contribution in [0.25, 0.3) is 0 Å². The van der Waals surface area contributed by atoms with Crippen LogP contribution in [0.15, 0.2) is 22.6 Å². The van der Waals surface area contributed by atoms with E-state index in [1.807, 2.05) is 0 Å². The number of hydrogen-bond acceptors (Lipinski definition) is 5. The van der Waals surface area contributed by atoms with E-state index in [9.17, 15) is 0 Å². The third-order valence-corrected chi connectivity index (χ3v) is 5.73. The summed E-state index contributed by atoms with van der Waals surface area (Å²) in [6.45, 7) is 2.52. The zero-order valence-electron chi connectivity index (χ0n) is 14.6. The van der Waals surface area contributed by atoms with Crippen LogP contribution >= 0.6 is 0 Å². The summed E-state index contributed by atoms with van der Waals surface area (Å²) < 4.78 is 11.6. The van der Waals surface area contributed by atoms with Gasteiger partial charge in [0, 0.05) is 24.9 Å². The lowest BCUT2D eigenvalue weighted by atomic mass is 10.1. The van der Waals surface area contributed by atoms with E-state index < -0.39 is 0 Å². The fraction of sp³-hybridized carbons (Fsp3) is 0.600. The molecule has 5 nitrogen and oxygen atoms in total. The molecule has 1 aromatic carbocycles. The molecule has 0 atom stereocenters.